The number of ether oxygens (including phenoxy) is 1. The van der Waals surface area contributed by atoms with Crippen LogP contribution in [0.1, 0.15) is 16.7 Å². The van der Waals surface area contributed by atoms with Gasteiger partial charge in [0.15, 0.2) is 0 Å². The lowest BCUT2D eigenvalue weighted by Gasteiger charge is -2.10. The molecular formula is C30H24F3N3OS2. The molecule has 0 spiro atoms. The lowest BCUT2D eigenvalue weighted by atomic mass is 10.0. The van der Waals surface area contributed by atoms with Gasteiger partial charge in [-0.25, -0.2) is 4.98 Å². The van der Waals surface area contributed by atoms with Crippen molar-refractivity contribution in [3.63, 3.8) is 0 Å². The molecule has 4 nitrogen and oxygen atoms in total. The van der Waals surface area contributed by atoms with Crippen LogP contribution in [0.25, 0.3) is 27.5 Å². The summed E-state index contributed by atoms with van der Waals surface area (Å²) < 4.78 is 43.2. The summed E-state index contributed by atoms with van der Waals surface area (Å²) in [4.78, 5) is 11.3. The maximum Gasteiger partial charge on any atom is 0.573 e. The second kappa shape index (κ2) is 11.2. The van der Waals surface area contributed by atoms with E-state index < -0.39 is 6.36 Å². The molecule has 0 fully saturated rings. The van der Waals surface area contributed by atoms with Gasteiger partial charge in [0, 0.05) is 33.5 Å². The maximum absolute atomic E-state index is 12.5. The van der Waals surface area contributed by atoms with E-state index in [0.717, 1.165) is 38.7 Å². The molecule has 0 saturated carbocycles. The zero-order valence-corrected chi connectivity index (χ0v) is 22.8. The summed E-state index contributed by atoms with van der Waals surface area (Å²) in [5, 5.41) is 1.98. The van der Waals surface area contributed by atoms with Crippen LogP contribution >= 0.6 is 24.0 Å². The smallest absolute Gasteiger partial charge is 0.406 e. The zero-order valence-electron chi connectivity index (χ0n) is 21.2. The van der Waals surface area contributed by atoms with Crippen molar-refractivity contribution in [2.24, 2.45) is 4.99 Å². The largest absolute Gasteiger partial charge is 0.573 e. The summed E-state index contributed by atoms with van der Waals surface area (Å²) in [5.41, 5.74) is 5.80. The monoisotopic (exact) mass is 563 g/mol. The fraction of sp³-hybridized carbons (Fsp3) is 0.167. The molecule has 0 atom stereocenters. The number of rotatable bonds is 8. The molecule has 0 unspecified atom stereocenters. The second-order valence-corrected chi connectivity index (χ2v) is 10.4. The minimum atomic E-state index is -4.73. The third-order valence-corrected chi connectivity index (χ3v) is 7.47. The highest BCUT2D eigenvalue weighted by Gasteiger charge is 2.31. The Labute approximate surface area is 233 Å². The highest BCUT2D eigenvalue weighted by Crippen LogP contribution is 2.29. The molecule has 0 aliphatic carbocycles. The van der Waals surface area contributed by atoms with Gasteiger partial charge in [0.25, 0.3) is 0 Å². The topological polar surface area (TPSA) is 39.4 Å². The Morgan fingerprint density at radius 1 is 1.08 bits per heavy atom. The van der Waals surface area contributed by atoms with Gasteiger partial charge in [0.05, 0.1) is 17.6 Å². The van der Waals surface area contributed by atoms with Crippen LogP contribution in [0.3, 0.4) is 0 Å². The lowest BCUT2D eigenvalue weighted by Crippen LogP contribution is -2.17. The molecule has 1 heterocycles. The van der Waals surface area contributed by atoms with Crippen molar-refractivity contribution in [3.8, 4) is 11.4 Å². The van der Waals surface area contributed by atoms with E-state index in [1.165, 1.54) is 28.2 Å². The molecule has 5 rings (SSSR count). The molecule has 0 aliphatic heterocycles. The number of aryl methyl sites for hydroxylation is 1. The van der Waals surface area contributed by atoms with Crippen molar-refractivity contribution in [1.29, 1.82) is 0 Å². The van der Waals surface area contributed by atoms with Gasteiger partial charge in [-0.05, 0) is 77.7 Å². The first kappa shape index (κ1) is 26.9. The number of alkyl halides is 3. The number of hydrogen-bond donors (Lipinski definition) is 0. The zero-order chi connectivity index (χ0) is 27.6. The fourth-order valence-corrected chi connectivity index (χ4v) is 5.43. The Balaban J connectivity index is 1.32. The molecule has 198 valence electrons. The predicted octanol–water partition coefficient (Wildman–Crippen LogP) is 8.14. The van der Waals surface area contributed by atoms with Crippen molar-refractivity contribution >= 4 is 56.9 Å². The molecule has 4 aromatic carbocycles. The highest BCUT2D eigenvalue weighted by molar-refractivity contribution is 7.98. The first-order valence-corrected chi connectivity index (χ1v) is 13.7. The third-order valence-electron chi connectivity index (χ3n) is 6.37. The summed E-state index contributed by atoms with van der Waals surface area (Å²) in [6, 6.07) is 22.0. The number of halogens is 3. The van der Waals surface area contributed by atoms with Gasteiger partial charge >= 0.3 is 6.36 Å². The number of aromatic nitrogens is 2. The third kappa shape index (κ3) is 6.15. The molecule has 0 saturated heterocycles. The molecule has 0 N–H and O–H groups in total. The number of nitrogens with zero attached hydrogens (tertiary/aromatic N) is 3. The Bertz CT molecular complexity index is 1690. The van der Waals surface area contributed by atoms with Crippen LogP contribution in [0.15, 0.2) is 89.0 Å². The van der Waals surface area contributed by atoms with Gasteiger partial charge in [-0.2, -0.15) is 0 Å². The molecule has 0 amide bonds. The first-order chi connectivity index (χ1) is 18.7. The van der Waals surface area contributed by atoms with E-state index in [0.29, 0.717) is 12.2 Å². The molecule has 1 aromatic heterocycles. The van der Waals surface area contributed by atoms with Crippen LogP contribution in [0, 0.1) is 6.92 Å². The van der Waals surface area contributed by atoms with Gasteiger partial charge in [-0.15, -0.1) is 24.9 Å². The number of aliphatic imine (C=N–C) groups is 1. The SMILES string of the molecule is CSc1cccc(C)c1CC(=S)CN=Cc1ccc2c(ccc3c2ncn3-c2ccc(OC(F)(F)F)cc2)c1. The van der Waals surface area contributed by atoms with Crippen molar-refractivity contribution in [2.75, 3.05) is 12.8 Å². The lowest BCUT2D eigenvalue weighted by molar-refractivity contribution is -0.274. The van der Waals surface area contributed by atoms with Gasteiger partial charge in [0.2, 0.25) is 0 Å². The Hall–Kier alpha value is -3.69. The van der Waals surface area contributed by atoms with Crippen LogP contribution in [-0.4, -0.2) is 39.8 Å². The van der Waals surface area contributed by atoms with Gasteiger partial charge in [-0.3, -0.25) is 9.56 Å². The predicted molar refractivity (Wildman–Crippen MR) is 157 cm³/mol. The van der Waals surface area contributed by atoms with E-state index in [9.17, 15) is 13.2 Å². The number of thioether (sulfide) groups is 1. The minimum absolute atomic E-state index is 0.268. The standard InChI is InChI=1S/C30H24F3N3OS2/c1-19-4-3-5-28(39-2)26(19)15-24(38)17-34-16-20-6-12-25-21(14-20)7-13-27-29(25)35-18-36(27)22-8-10-23(11-9-22)37-30(31,32)33/h3-14,16,18H,15,17H2,1-2H3. The number of hydrogen-bond acceptors (Lipinski definition) is 5. The number of thiocarbonyl (C=S) groups is 1. The van der Waals surface area contributed by atoms with Gasteiger partial charge in [0.1, 0.15) is 12.1 Å². The Morgan fingerprint density at radius 3 is 2.62 bits per heavy atom. The van der Waals surface area contributed by atoms with E-state index in [4.69, 9.17) is 12.2 Å². The van der Waals surface area contributed by atoms with Crippen LogP contribution in [0.2, 0.25) is 0 Å². The van der Waals surface area contributed by atoms with E-state index in [1.54, 1.807) is 30.2 Å². The highest BCUT2D eigenvalue weighted by atomic mass is 32.2. The molecule has 0 radical (unpaired) electrons. The van der Waals surface area contributed by atoms with Crippen molar-refractivity contribution in [3.05, 3.63) is 95.8 Å². The minimum Gasteiger partial charge on any atom is -0.406 e. The normalized spacial score (nSPS) is 12.0. The molecule has 0 bridgehead atoms. The summed E-state index contributed by atoms with van der Waals surface area (Å²) >= 11 is 7.36. The van der Waals surface area contributed by atoms with Crippen LogP contribution in [0.4, 0.5) is 13.2 Å². The molecule has 0 aliphatic rings. The number of benzene rings is 4. The summed E-state index contributed by atoms with van der Waals surface area (Å²) in [6.45, 7) is 2.59. The molecular weight excluding hydrogens is 539 g/mol. The van der Waals surface area contributed by atoms with Crippen molar-refractivity contribution < 1.29 is 17.9 Å². The van der Waals surface area contributed by atoms with E-state index in [-0.39, 0.29) is 5.75 Å². The van der Waals surface area contributed by atoms with Crippen LogP contribution < -0.4 is 4.74 Å². The Kier molecular flexibility index (Phi) is 7.72. The van der Waals surface area contributed by atoms with E-state index in [2.05, 4.69) is 52.2 Å². The quantitative estimate of drug-likeness (QED) is 0.109. The van der Waals surface area contributed by atoms with E-state index in [1.807, 2.05) is 35.0 Å². The summed E-state index contributed by atoms with van der Waals surface area (Å²) in [6.07, 6.45) is 1.58. The molecule has 5 aromatic rings. The average Bonchev–Trinajstić information content (AvgIpc) is 3.34. The second-order valence-electron chi connectivity index (χ2n) is 9.01. The van der Waals surface area contributed by atoms with E-state index >= 15 is 0 Å². The van der Waals surface area contributed by atoms with Gasteiger partial charge < -0.3 is 4.74 Å². The summed E-state index contributed by atoms with van der Waals surface area (Å²) in [7, 11) is 0. The summed E-state index contributed by atoms with van der Waals surface area (Å²) in [5.74, 6) is -0.268. The maximum atomic E-state index is 12.5. The molecule has 39 heavy (non-hydrogen) atoms. The first-order valence-electron chi connectivity index (χ1n) is 12.1. The number of fused-ring (bicyclic) bond motifs is 3. The van der Waals surface area contributed by atoms with Crippen LogP contribution in [-0.2, 0) is 6.42 Å². The number of imidazole rings is 1. The Morgan fingerprint density at radius 2 is 1.87 bits per heavy atom. The van der Waals surface area contributed by atoms with Crippen molar-refractivity contribution in [1.82, 2.24) is 9.55 Å². The fourth-order valence-electron chi connectivity index (χ4n) is 4.52. The average molecular weight is 564 g/mol. The molecule has 9 heteroatoms. The van der Waals surface area contributed by atoms with Crippen LogP contribution in [0.5, 0.6) is 5.75 Å². The van der Waals surface area contributed by atoms with Gasteiger partial charge in [-0.1, -0.05) is 42.5 Å². The van der Waals surface area contributed by atoms with Crippen molar-refractivity contribution in [2.45, 2.75) is 24.6 Å².